The van der Waals surface area contributed by atoms with Crippen molar-refractivity contribution >= 4 is 15.7 Å². The first-order chi connectivity index (χ1) is 12.6. The fourth-order valence-corrected chi connectivity index (χ4v) is 3.42. The van der Waals surface area contributed by atoms with Crippen molar-refractivity contribution in [1.29, 1.82) is 0 Å². The summed E-state index contributed by atoms with van der Waals surface area (Å²) in [4.78, 5) is -0.910. The number of aromatic nitrogens is 2. The van der Waals surface area contributed by atoms with Crippen LogP contribution in [0.1, 0.15) is 5.56 Å². The Hall–Kier alpha value is -2.95. The van der Waals surface area contributed by atoms with Gasteiger partial charge < -0.3 is 0 Å². The third kappa shape index (κ3) is 3.92. The number of rotatable bonds is 4. The molecule has 11 heteroatoms. The number of halogens is 5. The molecule has 0 aliphatic heterocycles. The molecule has 0 unspecified atom stereocenters. The molecule has 1 N–H and O–H groups in total. The van der Waals surface area contributed by atoms with Crippen molar-refractivity contribution in [1.82, 2.24) is 9.78 Å². The van der Waals surface area contributed by atoms with E-state index < -0.39 is 44.0 Å². The van der Waals surface area contributed by atoms with Gasteiger partial charge in [-0.2, -0.15) is 18.3 Å². The number of anilines is 1. The fourth-order valence-electron chi connectivity index (χ4n) is 2.30. The SMILES string of the molecule is O=S(=O)(Nc1cc(C(F)(F)F)ccc1-n1cccn1)c1ccc(F)cc1F. The van der Waals surface area contributed by atoms with Gasteiger partial charge in [0.2, 0.25) is 0 Å². The van der Waals surface area contributed by atoms with Crippen LogP contribution < -0.4 is 4.72 Å². The molecule has 0 saturated heterocycles. The highest BCUT2D eigenvalue weighted by Gasteiger charge is 2.32. The summed E-state index contributed by atoms with van der Waals surface area (Å²) < 4.78 is 93.8. The van der Waals surface area contributed by atoms with Crippen LogP contribution in [0.25, 0.3) is 5.69 Å². The summed E-state index contributed by atoms with van der Waals surface area (Å²) in [5, 5.41) is 3.85. The highest BCUT2D eigenvalue weighted by Crippen LogP contribution is 2.34. The van der Waals surface area contributed by atoms with Crippen molar-refractivity contribution in [3.05, 3.63) is 72.1 Å². The molecule has 0 aliphatic carbocycles. The number of sulfonamides is 1. The van der Waals surface area contributed by atoms with Crippen LogP contribution in [-0.4, -0.2) is 18.2 Å². The number of hydrogen-bond acceptors (Lipinski definition) is 3. The Morgan fingerprint density at radius 2 is 1.78 bits per heavy atom. The Labute approximate surface area is 150 Å². The molecule has 1 heterocycles. The van der Waals surface area contributed by atoms with E-state index in [0.29, 0.717) is 18.2 Å². The number of alkyl halides is 3. The van der Waals surface area contributed by atoms with E-state index in [-0.39, 0.29) is 5.69 Å². The van der Waals surface area contributed by atoms with Gasteiger partial charge in [0.1, 0.15) is 16.5 Å². The number of nitrogens with one attached hydrogen (secondary N) is 1. The van der Waals surface area contributed by atoms with E-state index in [1.807, 2.05) is 4.72 Å². The van der Waals surface area contributed by atoms with Crippen LogP contribution in [0.5, 0.6) is 0 Å². The molecule has 0 saturated carbocycles. The van der Waals surface area contributed by atoms with E-state index in [2.05, 4.69) is 5.10 Å². The standard InChI is InChI=1S/C16H10F5N3O2S/c17-11-3-5-15(12(18)9-11)27(25,26)23-13-8-10(16(19,20)21)2-4-14(13)24-7-1-6-22-24/h1-9,23H. The van der Waals surface area contributed by atoms with Gasteiger partial charge in [-0.15, -0.1) is 0 Å². The molecule has 0 atom stereocenters. The van der Waals surface area contributed by atoms with E-state index in [4.69, 9.17) is 0 Å². The minimum absolute atomic E-state index is 0.0147. The van der Waals surface area contributed by atoms with Crippen LogP contribution in [0.4, 0.5) is 27.6 Å². The predicted octanol–water partition coefficient (Wildman–Crippen LogP) is 3.97. The van der Waals surface area contributed by atoms with Gasteiger partial charge in [-0.1, -0.05) is 0 Å². The smallest absolute Gasteiger partial charge is 0.277 e. The number of nitrogens with zero attached hydrogens (tertiary/aromatic N) is 2. The Morgan fingerprint density at radius 1 is 1.04 bits per heavy atom. The maximum Gasteiger partial charge on any atom is 0.416 e. The second-order valence-corrected chi connectivity index (χ2v) is 7.01. The van der Waals surface area contributed by atoms with E-state index in [9.17, 15) is 30.4 Å². The summed E-state index contributed by atoms with van der Waals surface area (Å²) >= 11 is 0. The van der Waals surface area contributed by atoms with Gasteiger partial charge in [0, 0.05) is 18.5 Å². The largest absolute Gasteiger partial charge is 0.416 e. The van der Waals surface area contributed by atoms with Crippen molar-refractivity contribution in [2.75, 3.05) is 4.72 Å². The zero-order chi connectivity index (χ0) is 19.8. The van der Waals surface area contributed by atoms with Crippen LogP contribution in [0.3, 0.4) is 0 Å². The van der Waals surface area contributed by atoms with Crippen LogP contribution in [0, 0.1) is 11.6 Å². The lowest BCUT2D eigenvalue weighted by molar-refractivity contribution is -0.137. The summed E-state index contributed by atoms with van der Waals surface area (Å²) in [5.41, 5.74) is -1.60. The minimum atomic E-state index is -4.73. The molecule has 142 valence electrons. The van der Waals surface area contributed by atoms with Gasteiger partial charge >= 0.3 is 6.18 Å². The molecule has 0 aliphatic rings. The lowest BCUT2D eigenvalue weighted by Crippen LogP contribution is -2.17. The molecule has 0 radical (unpaired) electrons. The van der Waals surface area contributed by atoms with Gasteiger partial charge in [0.15, 0.2) is 0 Å². The zero-order valence-corrected chi connectivity index (χ0v) is 14.0. The maximum absolute atomic E-state index is 13.8. The average Bonchev–Trinajstić information content (AvgIpc) is 3.07. The lowest BCUT2D eigenvalue weighted by atomic mass is 10.1. The maximum atomic E-state index is 13.8. The first-order valence-electron chi connectivity index (χ1n) is 7.27. The molecule has 1 aromatic heterocycles. The van der Waals surface area contributed by atoms with E-state index >= 15 is 0 Å². The van der Waals surface area contributed by atoms with Crippen LogP contribution >= 0.6 is 0 Å². The van der Waals surface area contributed by atoms with Crippen molar-refractivity contribution in [2.45, 2.75) is 11.1 Å². The summed E-state index contributed by atoms with van der Waals surface area (Å²) in [5.74, 6) is -2.38. The highest BCUT2D eigenvalue weighted by atomic mass is 32.2. The fraction of sp³-hybridized carbons (Fsp3) is 0.0625. The van der Waals surface area contributed by atoms with Gasteiger partial charge in [0.05, 0.1) is 16.9 Å². The van der Waals surface area contributed by atoms with Gasteiger partial charge in [-0.05, 0) is 36.4 Å². The Balaban J connectivity index is 2.11. The molecule has 27 heavy (non-hydrogen) atoms. The lowest BCUT2D eigenvalue weighted by Gasteiger charge is -2.16. The van der Waals surface area contributed by atoms with Crippen LogP contribution in [0.15, 0.2) is 59.8 Å². The Morgan fingerprint density at radius 3 is 2.37 bits per heavy atom. The monoisotopic (exact) mass is 403 g/mol. The molecule has 3 rings (SSSR count). The first kappa shape index (κ1) is 18.8. The summed E-state index contributed by atoms with van der Waals surface area (Å²) in [6.45, 7) is 0. The van der Waals surface area contributed by atoms with Crippen LogP contribution in [0.2, 0.25) is 0 Å². The van der Waals surface area contributed by atoms with E-state index in [1.54, 1.807) is 0 Å². The average molecular weight is 403 g/mol. The third-order valence-electron chi connectivity index (χ3n) is 3.50. The summed E-state index contributed by atoms with van der Waals surface area (Å²) in [6.07, 6.45) is -2.00. The number of benzene rings is 2. The molecule has 0 amide bonds. The first-order valence-corrected chi connectivity index (χ1v) is 8.75. The van der Waals surface area contributed by atoms with Crippen molar-refractivity contribution < 1.29 is 30.4 Å². The van der Waals surface area contributed by atoms with Gasteiger partial charge in [-0.25, -0.2) is 21.9 Å². The van der Waals surface area contributed by atoms with Crippen LogP contribution in [-0.2, 0) is 16.2 Å². The second-order valence-electron chi connectivity index (χ2n) is 5.36. The third-order valence-corrected chi connectivity index (χ3v) is 4.90. The highest BCUT2D eigenvalue weighted by molar-refractivity contribution is 7.92. The molecule has 0 spiro atoms. The zero-order valence-electron chi connectivity index (χ0n) is 13.2. The number of hydrogen-bond donors (Lipinski definition) is 1. The Bertz CT molecular complexity index is 1080. The Kier molecular flexibility index (Phi) is 4.64. The molecule has 0 bridgehead atoms. The van der Waals surface area contributed by atoms with Crippen molar-refractivity contribution in [3.8, 4) is 5.69 Å². The molecule has 3 aromatic rings. The second kappa shape index (κ2) is 6.65. The van der Waals surface area contributed by atoms with Crippen molar-refractivity contribution in [3.63, 3.8) is 0 Å². The topological polar surface area (TPSA) is 64.0 Å². The summed E-state index contributed by atoms with van der Waals surface area (Å²) in [6, 6.07) is 5.58. The van der Waals surface area contributed by atoms with E-state index in [0.717, 1.165) is 22.9 Å². The van der Waals surface area contributed by atoms with Gasteiger partial charge in [-0.3, -0.25) is 4.72 Å². The van der Waals surface area contributed by atoms with E-state index in [1.165, 1.54) is 18.5 Å². The molecular weight excluding hydrogens is 393 g/mol. The predicted molar refractivity (Wildman–Crippen MR) is 85.7 cm³/mol. The molecule has 2 aromatic carbocycles. The molecular formula is C16H10F5N3O2S. The molecule has 0 fully saturated rings. The normalized spacial score (nSPS) is 12.2. The minimum Gasteiger partial charge on any atom is -0.277 e. The molecule has 5 nitrogen and oxygen atoms in total. The van der Waals surface area contributed by atoms with Gasteiger partial charge in [0.25, 0.3) is 10.0 Å². The quantitative estimate of drug-likeness (QED) is 0.671. The summed E-state index contributed by atoms with van der Waals surface area (Å²) in [7, 11) is -4.64. The van der Waals surface area contributed by atoms with Crippen molar-refractivity contribution in [2.24, 2.45) is 0 Å².